The van der Waals surface area contributed by atoms with Crippen LogP contribution in [-0.2, 0) is 57.2 Å². The summed E-state index contributed by atoms with van der Waals surface area (Å²) in [6.45, 7) is 0. The van der Waals surface area contributed by atoms with Gasteiger partial charge in [-0.15, -0.1) is 0 Å². The summed E-state index contributed by atoms with van der Waals surface area (Å²) in [5.41, 5.74) is -4.36. The van der Waals surface area contributed by atoms with Gasteiger partial charge in [-0.05, 0) is 0 Å². The third-order valence-corrected chi connectivity index (χ3v) is 10.7. The molecule has 2 unspecified atom stereocenters. The van der Waals surface area contributed by atoms with E-state index in [0.29, 0.717) is 5.90 Å². The molecule has 2 atom stereocenters. The summed E-state index contributed by atoms with van der Waals surface area (Å²) in [6, 6.07) is 0. The fraction of sp³-hybridized carbons (Fsp3) is 1.00. The largest absolute Gasteiger partial charge is 1.00 e. The third kappa shape index (κ3) is 12.2. The molecule has 10 heteroatoms. The molecule has 0 bridgehead atoms. The third-order valence-electron chi connectivity index (χ3n) is 0.903. The monoisotopic (exact) mass is 312 g/mol. The van der Waals surface area contributed by atoms with Crippen LogP contribution in [0.4, 0.5) is 0 Å². The van der Waals surface area contributed by atoms with Gasteiger partial charge < -0.3 is 33.5 Å². The van der Waals surface area contributed by atoms with Crippen LogP contribution in [0.5, 0.6) is 0 Å². The summed E-state index contributed by atoms with van der Waals surface area (Å²) in [5, 5.41) is 0. The van der Waals surface area contributed by atoms with Gasteiger partial charge in [0, 0.05) is 20.1 Å². The predicted octanol–water partition coefficient (Wildman–Crippen LogP) is -4.04. The summed E-state index contributed by atoms with van der Waals surface area (Å²) in [5.74, 6) is 0.377. The molecule has 0 N–H and O–H groups in total. The van der Waals surface area contributed by atoms with Crippen LogP contribution < -0.4 is 59.1 Å². The van der Waals surface area contributed by atoms with Crippen LogP contribution in [0.3, 0.4) is 0 Å². The van der Waals surface area contributed by atoms with Gasteiger partial charge in [-0.1, -0.05) is 34.5 Å². The maximum atomic E-state index is 4.98. The average molecular weight is 312 g/mol. The molecule has 0 radical (unpaired) electrons. The van der Waals surface area contributed by atoms with Crippen molar-refractivity contribution >= 4 is 59.0 Å². The zero-order valence-corrected chi connectivity index (χ0v) is 17.1. The van der Waals surface area contributed by atoms with Crippen LogP contribution in [0.25, 0.3) is 0 Å². The van der Waals surface area contributed by atoms with Crippen molar-refractivity contribution in [3.63, 3.8) is 0 Å². The topological polar surface area (TPSA) is 18.5 Å². The number of rotatable bonds is 4. The Balaban J connectivity index is -0.000000500. The zero-order chi connectivity index (χ0) is 9.12. The van der Waals surface area contributed by atoms with Crippen LogP contribution in [0, 0.1) is 0 Å². The second-order valence-corrected chi connectivity index (χ2v) is 14.5. The predicted molar refractivity (Wildman–Crippen MR) is 62.2 cm³/mol. The molecule has 0 saturated heterocycles. The van der Waals surface area contributed by atoms with Gasteiger partial charge in [-0.3, -0.25) is 0 Å². The molecule has 2 nitrogen and oxygen atoms in total. The summed E-state index contributed by atoms with van der Waals surface area (Å²) < 4.78 is 9.86. The molecule has 13 heavy (non-hydrogen) atoms. The Kier molecular flexibility index (Phi) is 16.9. The minimum Gasteiger partial charge on any atom is -0.719 e. The molecule has 0 amide bonds. The van der Waals surface area contributed by atoms with E-state index in [0.717, 1.165) is 0 Å². The quantitative estimate of drug-likeness (QED) is 0.297. The van der Waals surface area contributed by atoms with Crippen molar-refractivity contribution in [2.45, 2.75) is 0 Å². The van der Waals surface area contributed by atoms with Crippen molar-refractivity contribution in [1.82, 2.24) is 0 Å². The van der Waals surface area contributed by atoms with Gasteiger partial charge in [0.2, 0.25) is 0 Å². The van der Waals surface area contributed by atoms with Crippen LogP contribution in [0.2, 0.25) is 0 Å². The molecule has 0 aromatic carbocycles. The van der Waals surface area contributed by atoms with Crippen molar-refractivity contribution < 1.29 is 68.2 Å². The van der Waals surface area contributed by atoms with Gasteiger partial charge in [0.15, 0.2) is 0 Å². The first-order valence-electron chi connectivity index (χ1n) is 2.54. The SMILES string of the molecule is COP(=S)([S-])CP(=S)([S-])OC.[Na+].[Na+]. The van der Waals surface area contributed by atoms with E-state index in [1.165, 1.54) is 14.2 Å². The van der Waals surface area contributed by atoms with E-state index < -0.39 is 10.9 Å². The van der Waals surface area contributed by atoms with Gasteiger partial charge in [0.1, 0.15) is 0 Å². The smallest absolute Gasteiger partial charge is 0.719 e. The Hall–Kier alpha value is 3.92. The van der Waals surface area contributed by atoms with Crippen molar-refractivity contribution in [2.24, 2.45) is 0 Å². The van der Waals surface area contributed by atoms with E-state index >= 15 is 0 Å². The van der Waals surface area contributed by atoms with E-state index in [2.05, 4.69) is 0 Å². The molecular formula is C3H8Na2O2P2S4. The number of hydrogen-bond donors (Lipinski definition) is 0. The second-order valence-electron chi connectivity index (χ2n) is 1.73. The molecule has 0 aliphatic heterocycles. The van der Waals surface area contributed by atoms with Gasteiger partial charge in [-0.25, -0.2) is 0 Å². The Morgan fingerprint density at radius 2 is 1.23 bits per heavy atom. The van der Waals surface area contributed by atoms with Crippen LogP contribution in [-0.4, -0.2) is 20.1 Å². The molecule has 0 fully saturated rings. The maximum absolute atomic E-state index is 4.98. The molecule has 0 aliphatic rings. The van der Waals surface area contributed by atoms with E-state index in [1.54, 1.807) is 0 Å². The van der Waals surface area contributed by atoms with Crippen LogP contribution >= 0.6 is 10.9 Å². The van der Waals surface area contributed by atoms with Crippen molar-refractivity contribution in [3.05, 3.63) is 0 Å². The first-order chi connectivity index (χ1) is 4.83. The summed E-state index contributed by atoms with van der Waals surface area (Å²) in [4.78, 5) is 0. The van der Waals surface area contributed by atoms with Crippen LogP contribution in [0.1, 0.15) is 0 Å². The zero-order valence-electron chi connectivity index (χ0n) is 8.05. The number of hydrogen-bond acceptors (Lipinski definition) is 6. The average Bonchev–Trinajstić information content (AvgIpc) is 1.86. The Bertz CT molecular complexity index is 203. The Morgan fingerprint density at radius 1 is 1.00 bits per heavy atom. The molecule has 0 heterocycles. The maximum Gasteiger partial charge on any atom is 1.00 e. The standard InChI is InChI=1S/C3H10O2P2S4.2Na/c1-4-6(8,9)3-7(10,11)5-2;;/h3H2,1-2H3,(H,8,9)(H,10,11);;/q;2*+1/p-2. The molecule has 0 aromatic heterocycles. The first kappa shape index (κ1) is 22.1. The van der Waals surface area contributed by atoms with Crippen molar-refractivity contribution in [2.75, 3.05) is 20.1 Å². The molecule has 68 valence electrons. The molecule has 0 aromatic rings. The van der Waals surface area contributed by atoms with Crippen molar-refractivity contribution in [1.29, 1.82) is 0 Å². The summed E-state index contributed by atoms with van der Waals surface area (Å²) >= 11 is 19.9. The fourth-order valence-corrected chi connectivity index (χ4v) is 11.4. The van der Waals surface area contributed by atoms with Gasteiger partial charge >= 0.3 is 59.1 Å². The van der Waals surface area contributed by atoms with E-state index in [4.69, 9.17) is 57.2 Å². The summed E-state index contributed by atoms with van der Waals surface area (Å²) in [6.07, 6.45) is 0. The van der Waals surface area contributed by atoms with Crippen molar-refractivity contribution in [3.8, 4) is 0 Å². The normalized spacial score (nSPS) is 18.8. The minimum atomic E-state index is -2.18. The van der Waals surface area contributed by atoms with E-state index in [-0.39, 0.29) is 59.1 Å². The fourth-order valence-electron chi connectivity index (χ4n) is 0.328. The first-order valence-corrected chi connectivity index (χ1v) is 10.4. The van der Waals surface area contributed by atoms with Gasteiger partial charge in [0.05, 0.1) is 0 Å². The Morgan fingerprint density at radius 3 is 1.38 bits per heavy atom. The second kappa shape index (κ2) is 9.90. The summed E-state index contributed by atoms with van der Waals surface area (Å²) in [7, 11) is 2.99. The Labute approximate surface area is 145 Å². The minimum absolute atomic E-state index is 0. The molecular weight excluding hydrogens is 304 g/mol. The van der Waals surface area contributed by atoms with E-state index in [9.17, 15) is 0 Å². The van der Waals surface area contributed by atoms with Gasteiger partial charge in [0.25, 0.3) is 0 Å². The molecule has 0 saturated carbocycles. The van der Waals surface area contributed by atoms with Crippen LogP contribution in [0.15, 0.2) is 0 Å². The van der Waals surface area contributed by atoms with E-state index in [1.807, 2.05) is 0 Å². The molecule has 0 spiro atoms. The molecule has 0 aliphatic carbocycles. The molecule has 0 rings (SSSR count). The van der Waals surface area contributed by atoms with Gasteiger partial charge in [-0.2, -0.15) is 0 Å².